The Hall–Kier alpha value is -1.54. The summed E-state index contributed by atoms with van der Waals surface area (Å²) in [4.78, 5) is 14.0. The number of carbonyl (C=O) groups is 1. The van der Waals surface area contributed by atoms with Crippen LogP contribution in [-0.4, -0.2) is 46.8 Å². The Morgan fingerprint density at radius 1 is 1.33 bits per heavy atom. The van der Waals surface area contributed by atoms with E-state index in [9.17, 15) is 4.79 Å². The molecule has 1 aromatic rings. The maximum atomic E-state index is 12.4. The van der Waals surface area contributed by atoms with E-state index in [-0.39, 0.29) is 31.7 Å². The van der Waals surface area contributed by atoms with E-state index in [1.807, 2.05) is 13.8 Å². The van der Waals surface area contributed by atoms with Gasteiger partial charge >= 0.3 is 0 Å². The number of nitrogens with zero attached hydrogens (tertiary/aromatic N) is 1. The third-order valence-electron chi connectivity index (χ3n) is 2.90. The van der Waals surface area contributed by atoms with Crippen molar-refractivity contribution < 1.29 is 15.0 Å². The Morgan fingerprint density at radius 2 is 2.05 bits per heavy atom. The number of carbonyl (C=O) groups excluding carboxylic acids is 1. The van der Waals surface area contributed by atoms with Crippen molar-refractivity contribution in [2.24, 2.45) is 0 Å². The summed E-state index contributed by atoms with van der Waals surface area (Å²) in [5.74, 6) is 5.47. The molecule has 0 unspecified atom stereocenters. The first kappa shape index (κ1) is 17.5. The summed E-state index contributed by atoms with van der Waals surface area (Å²) in [5.41, 5.74) is 1.09. The van der Waals surface area contributed by atoms with Gasteiger partial charge in [0.15, 0.2) is 0 Å². The molecule has 21 heavy (non-hydrogen) atoms. The molecule has 0 aliphatic rings. The zero-order chi connectivity index (χ0) is 15.8. The smallest absolute Gasteiger partial charge is 0.254 e. The molecule has 0 aliphatic heterocycles. The van der Waals surface area contributed by atoms with Crippen LogP contribution < -0.4 is 0 Å². The zero-order valence-electron chi connectivity index (χ0n) is 12.3. The van der Waals surface area contributed by atoms with E-state index < -0.39 is 0 Å². The lowest BCUT2D eigenvalue weighted by Crippen LogP contribution is -2.39. The van der Waals surface area contributed by atoms with Crippen molar-refractivity contribution in [3.8, 4) is 11.8 Å². The largest absolute Gasteiger partial charge is 0.395 e. The standard InChI is InChI=1S/C16H20ClNO3/c1-12(2)18(8-10-20)16(21)14-7-6-13(15(17)11-14)5-3-4-9-19/h6-7,11-12,19-20H,4,8-10H2,1-2H3. The number of aliphatic hydroxyl groups excluding tert-OH is 2. The third kappa shape index (κ3) is 5.05. The van der Waals surface area contributed by atoms with Gasteiger partial charge in [0, 0.05) is 30.1 Å². The van der Waals surface area contributed by atoms with Gasteiger partial charge in [-0.3, -0.25) is 4.79 Å². The first-order valence-corrected chi connectivity index (χ1v) is 7.20. The molecule has 0 aromatic heterocycles. The number of benzene rings is 1. The SMILES string of the molecule is CC(C)N(CCO)C(=O)c1ccc(C#CCCO)c(Cl)c1. The van der Waals surface area contributed by atoms with Gasteiger partial charge in [0.1, 0.15) is 0 Å². The number of amides is 1. The molecule has 0 radical (unpaired) electrons. The molecule has 4 nitrogen and oxygen atoms in total. The fourth-order valence-electron chi connectivity index (χ4n) is 1.83. The minimum Gasteiger partial charge on any atom is -0.395 e. The second kappa shape index (κ2) is 8.68. The van der Waals surface area contributed by atoms with Crippen LogP contribution >= 0.6 is 11.6 Å². The molecule has 1 aromatic carbocycles. The minimum absolute atomic E-state index is 0.00565. The van der Waals surface area contributed by atoms with Crippen molar-refractivity contribution in [2.75, 3.05) is 19.8 Å². The van der Waals surface area contributed by atoms with Crippen molar-refractivity contribution in [1.82, 2.24) is 4.90 Å². The number of aliphatic hydroxyl groups is 2. The predicted octanol–water partition coefficient (Wildman–Crippen LogP) is 1.92. The number of hydrogen-bond donors (Lipinski definition) is 2. The highest BCUT2D eigenvalue weighted by Crippen LogP contribution is 2.19. The molecule has 0 fully saturated rings. The van der Waals surface area contributed by atoms with Gasteiger partial charge in [0.2, 0.25) is 0 Å². The first-order valence-electron chi connectivity index (χ1n) is 6.82. The highest BCUT2D eigenvalue weighted by Gasteiger charge is 2.18. The zero-order valence-corrected chi connectivity index (χ0v) is 13.0. The Balaban J connectivity index is 2.97. The molecule has 0 heterocycles. The monoisotopic (exact) mass is 309 g/mol. The average Bonchev–Trinajstić information content (AvgIpc) is 2.45. The van der Waals surface area contributed by atoms with Crippen LogP contribution in [0.25, 0.3) is 0 Å². The van der Waals surface area contributed by atoms with Crippen molar-refractivity contribution in [1.29, 1.82) is 0 Å². The molecule has 1 amide bonds. The minimum atomic E-state index is -0.171. The number of hydrogen-bond acceptors (Lipinski definition) is 3. The van der Waals surface area contributed by atoms with Crippen molar-refractivity contribution in [3.63, 3.8) is 0 Å². The lowest BCUT2D eigenvalue weighted by molar-refractivity contribution is 0.0665. The van der Waals surface area contributed by atoms with E-state index >= 15 is 0 Å². The van der Waals surface area contributed by atoms with Crippen LogP contribution in [0.4, 0.5) is 0 Å². The van der Waals surface area contributed by atoms with Crippen LogP contribution in [0.5, 0.6) is 0 Å². The van der Waals surface area contributed by atoms with Gasteiger partial charge in [-0.05, 0) is 32.0 Å². The highest BCUT2D eigenvalue weighted by atomic mass is 35.5. The van der Waals surface area contributed by atoms with Crippen molar-refractivity contribution in [2.45, 2.75) is 26.3 Å². The molecule has 0 saturated heterocycles. The molecule has 2 N–H and O–H groups in total. The van der Waals surface area contributed by atoms with E-state index in [4.69, 9.17) is 21.8 Å². The fourth-order valence-corrected chi connectivity index (χ4v) is 2.06. The lowest BCUT2D eigenvalue weighted by Gasteiger charge is -2.26. The topological polar surface area (TPSA) is 60.8 Å². The fraction of sp³-hybridized carbons (Fsp3) is 0.438. The van der Waals surface area contributed by atoms with Gasteiger partial charge in [0.25, 0.3) is 5.91 Å². The summed E-state index contributed by atoms with van der Waals surface area (Å²) >= 11 is 6.13. The lowest BCUT2D eigenvalue weighted by atomic mass is 10.1. The van der Waals surface area contributed by atoms with Crippen molar-refractivity contribution in [3.05, 3.63) is 34.3 Å². The van der Waals surface area contributed by atoms with Gasteiger partial charge < -0.3 is 15.1 Å². The van der Waals surface area contributed by atoms with Crippen LogP contribution in [0.3, 0.4) is 0 Å². The Kier molecular flexibility index (Phi) is 7.24. The molecule has 114 valence electrons. The van der Waals surface area contributed by atoms with E-state index in [0.29, 0.717) is 22.6 Å². The first-order chi connectivity index (χ1) is 10.0. The van der Waals surface area contributed by atoms with Crippen LogP contribution in [0.1, 0.15) is 36.2 Å². The summed E-state index contributed by atoms with van der Waals surface area (Å²) in [6, 6.07) is 4.94. The summed E-state index contributed by atoms with van der Waals surface area (Å²) < 4.78 is 0. The second-order valence-electron chi connectivity index (χ2n) is 4.79. The van der Waals surface area contributed by atoms with Crippen LogP contribution in [0, 0.1) is 11.8 Å². The second-order valence-corrected chi connectivity index (χ2v) is 5.19. The van der Waals surface area contributed by atoms with Gasteiger partial charge in [-0.1, -0.05) is 23.4 Å². The van der Waals surface area contributed by atoms with Gasteiger partial charge in [-0.15, -0.1) is 0 Å². The van der Waals surface area contributed by atoms with Crippen LogP contribution in [-0.2, 0) is 0 Å². The summed E-state index contributed by atoms with van der Waals surface area (Å²) in [7, 11) is 0. The van der Waals surface area contributed by atoms with Gasteiger partial charge in [-0.2, -0.15) is 0 Å². The normalized spacial score (nSPS) is 10.2. The molecular formula is C16H20ClNO3. The maximum absolute atomic E-state index is 12.4. The van der Waals surface area contributed by atoms with Gasteiger partial charge in [0.05, 0.1) is 18.2 Å². The molecule has 0 spiro atoms. The summed E-state index contributed by atoms with van der Waals surface area (Å²) in [6.45, 7) is 3.99. The third-order valence-corrected chi connectivity index (χ3v) is 3.21. The number of halogens is 1. The van der Waals surface area contributed by atoms with E-state index in [1.165, 1.54) is 0 Å². The molecule has 0 atom stereocenters. The predicted molar refractivity (Wildman–Crippen MR) is 83.3 cm³/mol. The molecule has 1 rings (SSSR count). The maximum Gasteiger partial charge on any atom is 0.254 e. The quantitative estimate of drug-likeness (QED) is 0.817. The van der Waals surface area contributed by atoms with E-state index in [1.54, 1.807) is 23.1 Å². The van der Waals surface area contributed by atoms with Gasteiger partial charge in [-0.25, -0.2) is 0 Å². The van der Waals surface area contributed by atoms with Crippen LogP contribution in [0.15, 0.2) is 18.2 Å². The summed E-state index contributed by atoms with van der Waals surface area (Å²) in [6.07, 6.45) is 0.384. The Bertz CT molecular complexity index is 546. The van der Waals surface area contributed by atoms with E-state index in [2.05, 4.69) is 11.8 Å². The van der Waals surface area contributed by atoms with Crippen molar-refractivity contribution >= 4 is 17.5 Å². The van der Waals surface area contributed by atoms with E-state index in [0.717, 1.165) is 0 Å². The van der Waals surface area contributed by atoms with Crippen LogP contribution in [0.2, 0.25) is 5.02 Å². The Morgan fingerprint density at radius 3 is 2.57 bits per heavy atom. The summed E-state index contributed by atoms with van der Waals surface area (Å²) in [5, 5.41) is 18.1. The highest BCUT2D eigenvalue weighted by molar-refractivity contribution is 6.32. The average molecular weight is 310 g/mol. The Labute approximate surface area is 130 Å². The number of rotatable bonds is 5. The molecule has 0 bridgehead atoms. The molecular weight excluding hydrogens is 290 g/mol. The molecule has 5 heteroatoms. The molecule has 0 aliphatic carbocycles. The molecule has 0 saturated carbocycles.